The standard InChI is InChI=1S/C15H15ClF4/c1-7-11(17)13(19)8(14(20)12(7)18)6-10-9(4-5-16)15(10,2)3/h4-5,9-10H,6H2,1-3H3. The maximum atomic E-state index is 13.8. The predicted octanol–water partition coefficient (Wildman–Crippen LogP) is 5.12. The highest BCUT2D eigenvalue weighted by molar-refractivity contribution is 6.25. The molecule has 1 aliphatic rings. The average Bonchev–Trinajstić information content (AvgIpc) is 2.91. The van der Waals surface area contributed by atoms with E-state index < -0.39 is 34.4 Å². The molecule has 20 heavy (non-hydrogen) atoms. The molecule has 0 spiro atoms. The third kappa shape index (κ3) is 2.24. The number of benzene rings is 1. The molecular weight excluding hydrogens is 292 g/mol. The van der Waals surface area contributed by atoms with Gasteiger partial charge in [0.2, 0.25) is 0 Å². The van der Waals surface area contributed by atoms with Crippen molar-refractivity contribution < 1.29 is 17.6 Å². The largest absolute Gasteiger partial charge is 0.203 e. The van der Waals surface area contributed by atoms with Crippen LogP contribution in [0.25, 0.3) is 0 Å². The Kier molecular flexibility index (Phi) is 3.89. The van der Waals surface area contributed by atoms with Crippen LogP contribution in [0, 0.1) is 47.4 Å². The molecule has 1 aliphatic carbocycles. The zero-order valence-electron chi connectivity index (χ0n) is 11.4. The predicted molar refractivity (Wildman–Crippen MR) is 70.5 cm³/mol. The van der Waals surface area contributed by atoms with Crippen LogP contribution in [0.1, 0.15) is 25.0 Å². The van der Waals surface area contributed by atoms with Gasteiger partial charge >= 0.3 is 0 Å². The van der Waals surface area contributed by atoms with E-state index >= 15 is 0 Å². The molecule has 0 nitrogen and oxygen atoms in total. The lowest BCUT2D eigenvalue weighted by Gasteiger charge is -2.10. The summed E-state index contributed by atoms with van der Waals surface area (Å²) in [7, 11) is 0. The van der Waals surface area contributed by atoms with Crippen molar-refractivity contribution in [3.63, 3.8) is 0 Å². The van der Waals surface area contributed by atoms with Gasteiger partial charge < -0.3 is 0 Å². The summed E-state index contributed by atoms with van der Waals surface area (Å²) >= 11 is 5.52. The van der Waals surface area contributed by atoms with Crippen molar-refractivity contribution >= 4 is 11.6 Å². The number of rotatable bonds is 3. The lowest BCUT2D eigenvalue weighted by Crippen LogP contribution is -2.08. The summed E-state index contributed by atoms with van der Waals surface area (Å²) in [4.78, 5) is 0. The van der Waals surface area contributed by atoms with Crippen molar-refractivity contribution in [1.29, 1.82) is 0 Å². The van der Waals surface area contributed by atoms with Crippen molar-refractivity contribution in [2.45, 2.75) is 27.2 Å². The highest BCUT2D eigenvalue weighted by Crippen LogP contribution is 2.60. The first-order valence-electron chi connectivity index (χ1n) is 6.31. The Labute approximate surface area is 120 Å². The average molecular weight is 307 g/mol. The van der Waals surface area contributed by atoms with E-state index in [9.17, 15) is 17.6 Å². The monoisotopic (exact) mass is 306 g/mol. The maximum Gasteiger partial charge on any atom is 0.165 e. The highest BCUT2D eigenvalue weighted by atomic mass is 35.5. The van der Waals surface area contributed by atoms with Gasteiger partial charge in [0.15, 0.2) is 23.3 Å². The molecule has 0 amide bonds. The second kappa shape index (κ2) is 5.06. The van der Waals surface area contributed by atoms with Crippen molar-refractivity contribution in [2.24, 2.45) is 17.3 Å². The van der Waals surface area contributed by atoms with Gasteiger partial charge in [-0.15, -0.1) is 0 Å². The Balaban J connectivity index is 2.37. The van der Waals surface area contributed by atoms with E-state index in [1.165, 1.54) is 5.54 Å². The lowest BCUT2D eigenvalue weighted by atomic mass is 10.00. The maximum absolute atomic E-state index is 13.8. The van der Waals surface area contributed by atoms with Gasteiger partial charge in [0, 0.05) is 16.7 Å². The first-order valence-corrected chi connectivity index (χ1v) is 6.75. The van der Waals surface area contributed by atoms with Crippen LogP contribution in [0.2, 0.25) is 0 Å². The number of halogens is 5. The molecule has 1 fully saturated rings. The molecule has 0 aliphatic heterocycles. The molecule has 2 unspecified atom stereocenters. The van der Waals surface area contributed by atoms with Crippen LogP contribution in [-0.2, 0) is 6.42 Å². The summed E-state index contributed by atoms with van der Waals surface area (Å²) in [5.41, 5.74) is 0.0162. The zero-order chi connectivity index (χ0) is 15.2. The van der Waals surface area contributed by atoms with Crippen LogP contribution in [0.4, 0.5) is 17.6 Å². The van der Waals surface area contributed by atoms with Crippen molar-refractivity contribution in [1.82, 2.24) is 0 Å². The summed E-state index contributed by atoms with van der Waals surface area (Å²) in [5.74, 6) is -5.27. The summed E-state index contributed by atoms with van der Waals surface area (Å²) in [6.07, 6.45) is 1.69. The Bertz CT molecular complexity index is 549. The van der Waals surface area contributed by atoms with E-state index in [4.69, 9.17) is 11.6 Å². The van der Waals surface area contributed by atoms with Gasteiger partial charge in [-0.05, 0) is 30.6 Å². The fraction of sp³-hybridized carbons (Fsp3) is 0.467. The number of hydrogen-bond acceptors (Lipinski definition) is 0. The van der Waals surface area contributed by atoms with Crippen molar-refractivity contribution in [3.05, 3.63) is 46.0 Å². The SMILES string of the molecule is Cc1c(F)c(F)c(CC2C(C=CCl)C2(C)C)c(F)c1F. The first kappa shape index (κ1) is 15.4. The number of allylic oxidation sites excluding steroid dienone is 1. The minimum atomic E-state index is -1.32. The molecule has 0 heterocycles. The second-order valence-electron chi connectivity index (χ2n) is 5.84. The van der Waals surface area contributed by atoms with Gasteiger partial charge in [0.25, 0.3) is 0 Å². The van der Waals surface area contributed by atoms with Crippen LogP contribution in [0.15, 0.2) is 11.6 Å². The quantitative estimate of drug-likeness (QED) is 0.537. The molecule has 0 saturated heterocycles. The van der Waals surface area contributed by atoms with Gasteiger partial charge in [-0.25, -0.2) is 17.6 Å². The smallest absolute Gasteiger partial charge is 0.165 e. The van der Waals surface area contributed by atoms with E-state index in [2.05, 4.69) is 0 Å². The molecule has 0 N–H and O–H groups in total. The van der Waals surface area contributed by atoms with E-state index in [1.807, 2.05) is 13.8 Å². The van der Waals surface area contributed by atoms with Crippen LogP contribution >= 0.6 is 11.6 Å². The van der Waals surface area contributed by atoms with Crippen LogP contribution in [-0.4, -0.2) is 0 Å². The zero-order valence-corrected chi connectivity index (χ0v) is 12.2. The van der Waals surface area contributed by atoms with Gasteiger partial charge in [-0.1, -0.05) is 31.5 Å². The molecule has 0 radical (unpaired) electrons. The molecule has 1 aromatic carbocycles. The highest BCUT2D eigenvalue weighted by Gasteiger charge is 2.56. The van der Waals surface area contributed by atoms with Crippen molar-refractivity contribution in [2.75, 3.05) is 0 Å². The summed E-state index contributed by atoms with van der Waals surface area (Å²) in [6.45, 7) is 4.87. The van der Waals surface area contributed by atoms with E-state index in [0.29, 0.717) is 0 Å². The number of hydrogen-bond donors (Lipinski definition) is 0. The van der Waals surface area contributed by atoms with Gasteiger partial charge in [0.1, 0.15) is 0 Å². The second-order valence-corrected chi connectivity index (χ2v) is 6.09. The van der Waals surface area contributed by atoms with Crippen LogP contribution < -0.4 is 0 Å². The molecule has 5 heteroatoms. The molecule has 2 atom stereocenters. The minimum absolute atomic E-state index is 0.0474. The molecule has 1 saturated carbocycles. The van der Waals surface area contributed by atoms with Gasteiger partial charge in [-0.3, -0.25) is 0 Å². The minimum Gasteiger partial charge on any atom is -0.203 e. The van der Waals surface area contributed by atoms with Crippen LogP contribution in [0.5, 0.6) is 0 Å². The van der Waals surface area contributed by atoms with Gasteiger partial charge in [-0.2, -0.15) is 0 Å². The Hall–Kier alpha value is -1.03. The summed E-state index contributed by atoms with van der Waals surface area (Å²) < 4.78 is 54.7. The van der Waals surface area contributed by atoms with E-state index in [-0.39, 0.29) is 23.7 Å². The molecule has 1 aromatic rings. The molecule has 0 bridgehead atoms. The first-order chi connectivity index (χ1) is 9.23. The normalized spacial score (nSPS) is 24.4. The fourth-order valence-electron chi connectivity index (χ4n) is 2.82. The third-order valence-corrected chi connectivity index (χ3v) is 4.56. The Morgan fingerprint density at radius 3 is 2.00 bits per heavy atom. The van der Waals surface area contributed by atoms with Crippen molar-refractivity contribution in [3.8, 4) is 0 Å². The molecular formula is C15H15ClF4. The molecule has 2 rings (SSSR count). The summed E-state index contributed by atoms with van der Waals surface area (Å²) in [6, 6.07) is 0. The topological polar surface area (TPSA) is 0 Å². The molecule has 110 valence electrons. The fourth-order valence-corrected chi connectivity index (χ4v) is 2.98. The molecule has 0 aromatic heterocycles. The van der Waals surface area contributed by atoms with E-state index in [1.54, 1.807) is 6.08 Å². The Morgan fingerprint density at radius 2 is 1.55 bits per heavy atom. The van der Waals surface area contributed by atoms with Crippen LogP contribution in [0.3, 0.4) is 0 Å². The lowest BCUT2D eigenvalue weighted by molar-refractivity contribution is 0.422. The Morgan fingerprint density at radius 1 is 1.05 bits per heavy atom. The third-order valence-electron chi connectivity index (χ3n) is 4.42. The summed E-state index contributed by atoms with van der Waals surface area (Å²) in [5, 5.41) is 0. The van der Waals surface area contributed by atoms with Gasteiger partial charge in [0.05, 0.1) is 0 Å². The van der Waals surface area contributed by atoms with E-state index in [0.717, 1.165) is 6.92 Å².